The van der Waals surface area contributed by atoms with E-state index >= 15 is 0 Å². The number of ether oxygens (including phenoxy) is 2. The van der Waals surface area contributed by atoms with E-state index in [-0.39, 0.29) is 18.8 Å². The number of rotatable bonds is 5. The van der Waals surface area contributed by atoms with Crippen molar-refractivity contribution < 1.29 is 14.3 Å². The van der Waals surface area contributed by atoms with Crippen LogP contribution in [0.15, 0.2) is 0 Å². The molecule has 0 radical (unpaired) electrons. The second-order valence-corrected chi connectivity index (χ2v) is 3.37. The molecule has 3 heteroatoms. The van der Waals surface area contributed by atoms with Crippen molar-refractivity contribution in [1.82, 2.24) is 0 Å². The quantitative estimate of drug-likeness (QED) is 0.492. The summed E-state index contributed by atoms with van der Waals surface area (Å²) in [7, 11) is 1.58. The standard InChI is InChI=1S/C9H18O3.CH4/c1-5-9(2,3)8(10)12-7-6-11-4;/h5-7H2,1-4H3;1H4. The summed E-state index contributed by atoms with van der Waals surface area (Å²) in [6, 6.07) is 0. The molecule has 0 rings (SSSR count). The highest BCUT2D eigenvalue weighted by Crippen LogP contribution is 2.21. The van der Waals surface area contributed by atoms with Crippen LogP contribution in [-0.2, 0) is 14.3 Å². The first-order valence-electron chi connectivity index (χ1n) is 4.20. The minimum Gasteiger partial charge on any atom is -0.463 e. The van der Waals surface area contributed by atoms with E-state index < -0.39 is 0 Å². The Morgan fingerprint density at radius 1 is 1.31 bits per heavy atom. The Labute approximate surface area is 81.4 Å². The van der Waals surface area contributed by atoms with E-state index in [9.17, 15) is 4.79 Å². The molecule has 0 atom stereocenters. The van der Waals surface area contributed by atoms with Gasteiger partial charge in [0.15, 0.2) is 0 Å². The molecule has 0 saturated heterocycles. The normalized spacial score (nSPS) is 10.5. The maximum absolute atomic E-state index is 11.3. The lowest BCUT2D eigenvalue weighted by Gasteiger charge is -2.19. The van der Waals surface area contributed by atoms with Gasteiger partial charge in [0.05, 0.1) is 12.0 Å². The van der Waals surface area contributed by atoms with Crippen LogP contribution in [0.3, 0.4) is 0 Å². The molecule has 13 heavy (non-hydrogen) atoms. The molecule has 80 valence electrons. The average molecular weight is 190 g/mol. The summed E-state index contributed by atoms with van der Waals surface area (Å²) in [5, 5.41) is 0. The Balaban J connectivity index is 0. The van der Waals surface area contributed by atoms with Crippen LogP contribution in [0.4, 0.5) is 0 Å². The number of carbonyl (C=O) groups is 1. The van der Waals surface area contributed by atoms with Gasteiger partial charge >= 0.3 is 5.97 Å². The molecule has 0 heterocycles. The van der Waals surface area contributed by atoms with E-state index in [0.29, 0.717) is 13.2 Å². The molecule has 0 aromatic heterocycles. The van der Waals surface area contributed by atoms with Crippen molar-refractivity contribution in [2.24, 2.45) is 5.41 Å². The molecular formula is C10H22O3. The molecule has 3 nitrogen and oxygen atoms in total. The number of hydrogen-bond donors (Lipinski definition) is 0. The molecule has 0 bridgehead atoms. The lowest BCUT2D eigenvalue weighted by Crippen LogP contribution is -2.26. The molecule has 0 unspecified atom stereocenters. The van der Waals surface area contributed by atoms with Gasteiger partial charge in [0.25, 0.3) is 0 Å². The van der Waals surface area contributed by atoms with Crippen LogP contribution in [-0.4, -0.2) is 26.3 Å². The van der Waals surface area contributed by atoms with Crippen molar-refractivity contribution in [1.29, 1.82) is 0 Å². The predicted octanol–water partition coefficient (Wildman–Crippen LogP) is 2.25. The maximum atomic E-state index is 11.3. The van der Waals surface area contributed by atoms with E-state index in [0.717, 1.165) is 6.42 Å². The van der Waals surface area contributed by atoms with E-state index in [2.05, 4.69) is 0 Å². The third-order valence-electron chi connectivity index (χ3n) is 1.96. The molecule has 0 aromatic rings. The average Bonchev–Trinajstić information content (AvgIpc) is 2.05. The topological polar surface area (TPSA) is 35.5 Å². The van der Waals surface area contributed by atoms with Crippen LogP contribution in [0.1, 0.15) is 34.6 Å². The van der Waals surface area contributed by atoms with E-state index in [1.54, 1.807) is 7.11 Å². The smallest absolute Gasteiger partial charge is 0.311 e. The first-order valence-corrected chi connectivity index (χ1v) is 4.20. The minimum absolute atomic E-state index is 0. The molecule has 0 aromatic carbocycles. The molecule has 0 aliphatic heterocycles. The highest BCUT2D eigenvalue weighted by Gasteiger charge is 2.26. The largest absolute Gasteiger partial charge is 0.463 e. The molecule has 0 N–H and O–H groups in total. The fraction of sp³-hybridized carbons (Fsp3) is 0.900. The van der Waals surface area contributed by atoms with Gasteiger partial charge in [-0.2, -0.15) is 0 Å². The summed E-state index contributed by atoms with van der Waals surface area (Å²) >= 11 is 0. The minimum atomic E-state index is -0.367. The van der Waals surface area contributed by atoms with Crippen LogP contribution in [0.2, 0.25) is 0 Å². The van der Waals surface area contributed by atoms with Gasteiger partial charge in [0.1, 0.15) is 6.61 Å². The van der Waals surface area contributed by atoms with Crippen molar-refractivity contribution >= 4 is 5.97 Å². The molecule has 0 amide bonds. The monoisotopic (exact) mass is 190 g/mol. The van der Waals surface area contributed by atoms with Crippen LogP contribution in [0, 0.1) is 5.41 Å². The molecule has 0 spiro atoms. The van der Waals surface area contributed by atoms with Gasteiger partial charge in [0, 0.05) is 7.11 Å². The molecule has 0 aliphatic rings. The van der Waals surface area contributed by atoms with E-state index in [4.69, 9.17) is 9.47 Å². The van der Waals surface area contributed by atoms with Crippen molar-refractivity contribution in [2.75, 3.05) is 20.3 Å². The molecule has 0 fully saturated rings. The first-order chi connectivity index (χ1) is 5.54. The van der Waals surface area contributed by atoms with Gasteiger partial charge in [-0.1, -0.05) is 14.4 Å². The van der Waals surface area contributed by atoms with Gasteiger partial charge in [-0.15, -0.1) is 0 Å². The number of hydrogen-bond acceptors (Lipinski definition) is 3. The fourth-order valence-electron chi connectivity index (χ4n) is 0.557. The number of carbonyl (C=O) groups excluding carboxylic acids is 1. The maximum Gasteiger partial charge on any atom is 0.311 e. The highest BCUT2D eigenvalue weighted by molar-refractivity contribution is 5.75. The Morgan fingerprint density at radius 3 is 2.23 bits per heavy atom. The highest BCUT2D eigenvalue weighted by atomic mass is 16.6. The van der Waals surface area contributed by atoms with Gasteiger partial charge in [-0.3, -0.25) is 4.79 Å². The summed E-state index contributed by atoms with van der Waals surface area (Å²) in [5.41, 5.74) is -0.367. The first kappa shape index (κ1) is 14.9. The predicted molar refractivity (Wildman–Crippen MR) is 53.6 cm³/mol. The van der Waals surface area contributed by atoms with Crippen LogP contribution >= 0.6 is 0 Å². The zero-order chi connectivity index (χ0) is 9.61. The fourth-order valence-corrected chi connectivity index (χ4v) is 0.557. The van der Waals surface area contributed by atoms with Gasteiger partial charge in [-0.25, -0.2) is 0 Å². The summed E-state index contributed by atoms with van der Waals surface area (Å²) in [6.45, 7) is 6.53. The number of methoxy groups -OCH3 is 1. The SMILES string of the molecule is C.CCC(C)(C)C(=O)OCCOC. The van der Waals surface area contributed by atoms with Crippen LogP contribution in [0.25, 0.3) is 0 Å². The van der Waals surface area contributed by atoms with Crippen LogP contribution in [0.5, 0.6) is 0 Å². The zero-order valence-electron chi connectivity index (χ0n) is 8.35. The Kier molecular flexibility index (Phi) is 7.92. The lowest BCUT2D eigenvalue weighted by molar-refractivity contribution is -0.155. The lowest BCUT2D eigenvalue weighted by atomic mass is 9.91. The second-order valence-electron chi connectivity index (χ2n) is 3.37. The molecule has 0 saturated carbocycles. The third-order valence-corrected chi connectivity index (χ3v) is 1.96. The zero-order valence-corrected chi connectivity index (χ0v) is 8.35. The van der Waals surface area contributed by atoms with Gasteiger partial charge in [-0.05, 0) is 20.3 Å². The van der Waals surface area contributed by atoms with E-state index in [1.807, 2.05) is 20.8 Å². The Bertz CT molecular complexity index is 141. The third kappa shape index (κ3) is 5.64. The summed E-state index contributed by atoms with van der Waals surface area (Å²) in [4.78, 5) is 11.3. The van der Waals surface area contributed by atoms with Crippen molar-refractivity contribution in [3.8, 4) is 0 Å². The second kappa shape index (κ2) is 6.89. The summed E-state index contributed by atoms with van der Waals surface area (Å²) in [6.07, 6.45) is 0.790. The van der Waals surface area contributed by atoms with Crippen molar-refractivity contribution in [3.63, 3.8) is 0 Å². The van der Waals surface area contributed by atoms with Gasteiger partial charge in [0.2, 0.25) is 0 Å². The number of esters is 1. The summed E-state index contributed by atoms with van der Waals surface area (Å²) < 4.78 is 9.74. The summed E-state index contributed by atoms with van der Waals surface area (Å²) in [5.74, 6) is -0.151. The van der Waals surface area contributed by atoms with Crippen molar-refractivity contribution in [3.05, 3.63) is 0 Å². The Morgan fingerprint density at radius 2 is 1.85 bits per heavy atom. The van der Waals surface area contributed by atoms with Crippen LogP contribution < -0.4 is 0 Å². The molecular weight excluding hydrogens is 168 g/mol. The van der Waals surface area contributed by atoms with Gasteiger partial charge < -0.3 is 9.47 Å². The Hall–Kier alpha value is -0.570. The van der Waals surface area contributed by atoms with Crippen molar-refractivity contribution in [2.45, 2.75) is 34.6 Å². The molecule has 0 aliphatic carbocycles. The van der Waals surface area contributed by atoms with E-state index in [1.165, 1.54) is 0 Å².